The van der Waals surface area contributed by atoms with E-state index in [1.807, 2.05) is 12.1 Å². The second kappa shape index (κ2) is 7.96. The third-order valence-corrected chi connectivity index (χ3v) is 6.98. The van der Waals surface area contributed by atoms with E-state index < -0.39 is 0 Å². The average Bonchev–Trinajstić information content (AvgIpc) is 3.21. The van der Waals surface area contributed by atoms with E-state index in [2.05, 4.69) is 18.7 Å². The lowest BCUT2D eigenvalue weighted by molar-refractivity contribution is -0.384. The summed E-state index contributed by atoms with van der Waals surface area (Å²) in [5, 5.41) is 12.0. The minimum atomic E-state index is -0.249. The summed E-state index contributed by atoms with van der Waals surface area (Å²) in [6, 6.07) is 6.04. The molecule has 2 bridgehead atoms. The maximum Gasteiger partial charge on any atom is 0.309 e. The molecule has 3 fully saturated rings. The van der Waals surface area contributed by atoms with Crippen molar-refractivity contribution in [3.05, 3.63) is 33.9 Å². The van der Waals surface area contributed by atoms with Crippen LogP contribution in [0.3, 0.4) is 0 Å². The Bertz CT molecular complexity index is 793. The maximum atomic E-state index is 12.0. The third kappa shape index (κ3) is 3.99. The molecule has 158 valence electrons. The Labute approximate surface area is 172 Å². The zero-order chi connectivity index (χ0) is 20.7. The summed E-state index contributed by atoms with van der Waals surface area (Å²) in [7, 11) is 0. The number of hydrogen-bond donors (Lipinski definition) is 0. The van der Waals surface area contributed by atoms with Crippen molar-refractivity contribution in [2.45, 2.75) is 64.8 Å². The molecular weight excluding hydrogens is 368 g/mol. The van der Waals surface area contributed by atoms with Crippen LogP contribution in [0.15, 0.2) is 18.2 Å². The summed E-state index contributed by atoms with van der Waals surface area (Å²) in [5.41, 5.74) is 1.81. The Morgan fingerprint density at radius 3 is 2.66 bits per heavy atom. The van der Waals surface area contributed by atoms with Gasteiger partial charge in [0.2, 0.25) is 0 Å². The van der Waals surface area contributed by atoms with Gasteiger partial charge >= 0.3 is 5.97 Å². The van der Waals surface area contributed by atoms with Crippen molar-refractivity contribution < 1.29 is 14.5 Å². The third-order valence-electron chi connectivity index (χ3n) is 6.98. The van der Waals surface area contributed by atoms with Crippen molar-refractivity contribution in [2.24, 2.45) is 23.7 Å². The van der Waals surface area contributed by atoms with Crippen LogP contribution < -0.4 is 4.90 Å². The highest BCUT2D eigenvalue weighted by Crippen LogP contribution is 2.51. The number of ether oxygens (including phenoxy) is 1. The molecule has 0 saturated heterocycles. The number of rotatable bonds is 8. The number of anilines is 1. The first kappa shape index (κ1) is 20.2. The van der Waals surface area contributed by atoms with Crippen LogP contribution in [0.5, 0.6) is 0 Å². The Balaban J connectivity index is 1.61. The van der Waals surface area contributed by atoms with E-state index in [9.17, 15) is 14.9 Å². The highest BCUT2D eigenvalue weighted by Gasteiger charge is 2.47. The van der Waals surface area contributed by atoms with Gasteiger partial charge in [-0.2, -0.15) is 0 Å². The van der Waals surface area contributed by atoms with E-state index in [0.717, 1.165) is 36.6 Å². The molecule has 3 aliphatic rings. The molecule has 0 aliphatic heterocycles. The Hall–Kier alpha value is -2.11. The van der Waals surface area contributed by atoms with Crippen LogP contribution in [0.2, 0.25) is 0 Å². The summed E-state index contributed by atoms with van der Waals surface area (Å²) in [6.45, 7) is 7.36. The predicted molar refractivity (Wildman–Crippen MR) is 112 cm³/mol. The van der Waals surface area contributed by atoms with Crippen molar-refractivity contribution in [2.75, 3.05) is 18.1 Å². The minimum absolute atomic E-state index is 0.0443. The molecule has 5 atom stereocenters. The van der Waals surface area contributed by atoms with E-state index in [4.69, 9.17) is 4.74 Å². The lowest BCUT2D eigenvalue weighted by Crippen LogP contribution is -2.41. The van der Waals surface area contributed by atoms with Gasteiger partial charge in [0.05, 0.1) is 17.4 Å². The predicted octanol–water partition coefficient (Wildman–Crippen LogP) is 4.91. The molecule has 0 radical (unpaired) electrons. The molecule has 1 aromatic carbocycles. The number of hydrogen-bond acceptors (Lipinski definition) is 5. The van der Waals surface area contributed by atoms with Crippen molar-refractivity contribution >= 4 is 17.3 Å². The molecule has 29 heavy (non-hydrogen) atoms. The fourth-order valence-electron chi connectivity index (χ4n) is 5.63. The number of carbonyl (C=O) groups excluding carboxylic acids is 1. The smallest absolute Gasteiger partial charge is 0.309 e. The first-order valence-corrected chi connectivity index (χ1v) is 11.1. The van der Waals surface area contributed by atoms with Gasteiger partial charge in [-0.05, 0) is 67.9 Å². The molecule has 1 aromatic rings. The van der Waals surface area contributed by atoms with E-state index in [1.165, 1.54) is 19.3 Å². The van der Waals surface area contributed by atoms with Crippen LogP contribution in [-0.4, -0.2) is 30.1 Å². The largest absolute Gasteiger partial charge is 0.466 e. The molecule has 0 N–H and O–H groups in total. The molecule has 6 heteroatoms. The van der Waals surface area contributed by atoms with Crippen molar-refractivity contribution in [1.82, 2.24) is 0 Å². The van der Waals surface area contributed by atoms with Gasteiger partial charge in [0.25, 0.3) is 5.69 Å². The molecule has 6 nitrogen and oxygen atoms in total. The molecule has 0 heterocycles. The number of fused-ring (bicyclic) bond motifs is 2. The first-order valence-electron chi connectivity index (χ1n) is 11.1. The number of benzene rings is 1. The standard InChI is InChI=1S/C23H32N2O4/c1-4-29-23(26)19-12-18(19)16-7-8-20(22(11-16)25(27)28)24(13-14(2)3)21-10-15-5-6-17(21)9-15/h7-8,11,14-15,17-19,21H,4-6,9-10,12-13H2,1-3H3/t15-,17+,18+,19+,21+/m0/s1. The van der Waals surface area contributed by atoms with Crippen LogP contribution in [0, 0.1) is 33.8 Å². The lowest BCUT2D eigenvalue weighted by Gasteiger charge is -2.37. The minimum Gasteiger partial charge on any atom is -0.466 e. The molecule has 3 aliphatic carbocycles. The first-order chi connectivity index (χ1) is 13.9. The Morgan fingerprint density at radius 2 is 2.07 bits per heavy atom. The normalized spacial score (nSPS) is 29.9. The molecule has 3 saturated carbocycles. The Morgan fingerprint density at radius 1 is 1.28 bits per heavy atom. The quantitative estimate of drug-likeness (QED) is 0.352. The van der Waals surface area contributed by atoms with Gasteiger partial charge in [-0.25, -0.2) is 0 Å². The van der Waals surface area contributed by atoms with Gasteiger partial charge in [-0.3, -0.25) is 14.9 Å². The fourth-order valence-corrected chi connectivity index (χ4v) is 5.63. The van der Waals surface area contributed by atoms with Crippen LogP contribution in [0.1, 0.15) is 64.4 Å². The van der Waals surface area contributed by atoms with Gasteiger partial charge in [0.1, 0.15) is 5.69 Å². The monoisotopic (exact) mass is 400 g/mol. The highest BCUT2D eigenvalue weighted by molar-refractivity contribution is 5.78. The molecule has 0 aromatic heterocycles. The topological polar surface area (TPSA) is 72.7 Å². The van der Waals surface area contributed by atoms with Crippen molar-refractivity contribution in [1.29, 1.82) is 0 Å². The van der Waals surface area contributed by atoms with Crippen LogP contribution in [0.4, 0.5) is 11.4 Å². The number of nitro groups is 1. The number of carbonyl (C=O) groups is 1. The van der Waals surface area contributed by atoms with E-state index in [-0.39, 0.29) is 28.4 Å². The molecular formula is C23H32N2O4. The molecule has 4 rings (SSSR count). The van der Waals surface area contributed by atoms with Crippen molar-refractivity contribution in [3.63, 3.8) is 0 Å². The SMILES string of the molecule is CCOC(=O)[C@@H]1C[C@@H]1c1ccc(N(CC(C)C)[C@@H]2C[C@H]3CC[C@@H]2C3)c([N+](=O)[O-])c1. The zero-order valence-corrected chi connectivity index (χ0v) is 17.7. The fraction of sp³-hybridized carbons (Fsp3) is 0.696. The second-order valence-corrected chi connectivity index (χ2v) is 9.49. The summed E-state index contributed by atoms with van der Waals surface area (Å²) in [6.07, 6.45) is 5.71. The summed E-state index contributed by atoms with van der Waals surface area (Å²) < 4.78 is 5.12. The van der Waals surface area contributed by atoms with Gasteiger partial charge < -0.3 is 9.64 Å². The van der Waals surface area contributed by atoms with Crippen LogP contribution in [0.25, 0.3) is 0 Å². The van der Waals surface area contributed by atoms with Gasteiger partial charge in [0, 0.05) is 18.7 Å². The average molecular weight is 401 g/mol. The van der Waals surface area contributed by atoms with E-state index in [0.29, 0.717) is 24.5 Å². The Kier molecular flexibility index (Phi) is 5.54. The summed E-state index contributed by atoms with van der Waals surface area (Å²) in [5.74, 6) is 1.59. The van der Waals surface area contributed by atoms with E-state index in [1.54, 1.807) is 13.0 Å². The van der Waals surface area contributed by atoms with Gasteiger partial charge in [-0.15, -0.1) is 0 Å². The van der Waals surface area contributed by atoms with Crippen molar-refractivity contribution in [3.8, 4) is 0 Å². The van der Waals surface area contributed by atoms with Crippen LogP contribution in [-0.2, 0) is 9.53 Å². The van der Waals surface area contributed by atoms with Gasteiger partial charge in [-0.1, -0.05) is 26.3 Å². The maximum absolute atomic E-state index is 12.0. The molecule has 0 amide bonds. The van der Waals surface area contributed by atoms with Gasteiger partial charge in [0.15, 0.2) is 0 Å². The number of nitro benzene ring substituents is 1. The second-order valence-electron chi connectivity index (χ2n) is 9.49. The molecule has 0 unspecified atom stereocenters. The highest BCUT2D eigenvalue weighted by atomic mass is 16.6. The number of esters is 1. The zero-order valence-electron chi connectivity index (χ0n) is 17.7. The summed E-state index contributed by atoms with van der Waals surface area (Å²) in [4.78, 5) is 26.1. The molecule has 0 spiro atoms. The van der Waals surface area contributed by atoms with E-state index >= 15 is 0 Å². The van der Waals surface area contributed by atoms with Crippen LogP contribution >= 0.6 is 0 Å². The summed E-state index contributed by atoms with van der Waals surface area (Å²) >= 11 is 0. The lowest BCUT2D eigenvalue weighted by atomic mass is 9.92. The number of nitrogens with zero attached hydrogens (tertiary/aromatic N) is 2.